The van der Waals surface area contributed by atoms with Crippen molar-refractivity contribution < 1.29 is 14.6 Å². The van der Waals surface area contributed by atoms with E-state index >= 15 is 0 Å². The van der Waals surface area contributed by atoms with E-state index in [1.807, 2.05) is 6.92 Å². The van der Waals surface area contributed by atoms with Crippen LogP contribution in [0.4, 0.5) is 0 Å². The second kappa shape index (κ2) is 6.37. The van der Waals surface area contributed by atoms with E-state index in [1.54, 1.807) is 12.1 Å². The molecule has 88 valence electrons. The minimum atomic E-state index is 0.0737. The summed E-state index contributed by atoms with van der Waals surface area (Å²) < 4.78 is 6.98. The van der Waals surface area contributed by atoms with E-state index in [0.29, 0.717) is 26.9 Å². The second-order valence-corrected chi connectivity index (χ2v) is 5.24. The molecule has 1 rings (SSSR count). The van der Waals surface area contributed by atoms with Crippen molar-refractivity contribution in [2.75, 3.05) is 13.2 Å². The molecule has 0 spiro atoms. The molecule has 0 heterocycles. The molecule has 0 saturated heterocycles. The molecular weight excluding hydrogens is 340 g/mol. The number of halogens is 2. The average molecular weight is 352 g/mol. The Bertz CT molecular complexity index is 356. The molecule has 0 aliphatic rings. The van der Waals surface area contributed by atoms with Crippen molar-refractivity contribution in [1.82, 2.24) is 0 Å². The summed E-state index contributed by atoms with van der Waals surface area (Å²) in [6.45, 7) is 2.40. The Morgan fingerprint density at radius 1 is 1.44 bits per heavy atom. The van der Waals surface area contributed by atoms with Gasteiger partial charge in [0.1, 0.15) is 12.0 Å². The van der Waals surface area contributed by atoms with Crippen LogP contribution in [0.1, 0.15) is 17.3 Å². The number of benzene rings is 1. The number of hydrogen-bond donors (Lipinski definition) is 1. The first-order chi connectivity index (χ1) is 7.58. The van der Waals surface area contributed by atoms with Crippen LogP contribution >= 0.6 is 31.9 Å². The van der Waals surface area contributed by atoms with Crippen molar-refractivity contribution in [3.05, 3.63) is 26.6 Å². The van der Waals surface area contributed by atoms with Crippen molar-refractivity contribution >= 4 is 38.1 Å². The molecule has 0 radical (unpaired) electrons. The van der Waals surface area contributed by atoms with Gasteiger partial charge in [0.15, 0.2) is 0 Å². The highest BCUT2D eigenvalue weighted by atomic mass is 79.9. The van der Waals surface area contributed by atoms with Gasteiger partial charge < -0.3 is 9.84 Å². The molecule has 1 aromatic carbocycles. The summed E-state index contributed by atoms with van der Waals surface area (Å²) >= 11 is 6.67. The summed E-state index contributed by atoms with van der Waals surface area (Å²) in [6, 6.07) is 3.38. The highest BCUT2D eigenvalue weighted by Crippen LogP contribution is 2.34. The lowest BCUT2D eigenvalue weighted by molar-refractivity contribution is 0.112. The number of carbonyl (C=O) groups is 1. The van der Waals surface area contributed by atoms with Gasteiger partial charge in [0.05, 0.1) is 15.6 Å². The molecule has 0 aliphatic heterocycles. The van der Waals surface area contributed by atoms with Gasteiger partial charge in [-0.2, -0.15) is 0 Å². The van der Waals surface area contributed by atoms with Gasteiger partial charge in [0.2, 0.25) is 0 Å². The monoisotopic (exact) mass is 350 g/mol. The molecule has 1 atom stereocenters. The average Bonchev–Trinajstić information content (AvgIpc) is 2.27. The molecule has 0 aliphatic carbocycles. The fourth-order valence-electron chi connectivity index (χ4n) is 1.06. The first kappa shape index (κ1) is 13.7. The van der Waals surface area contributed by atoms with Crippen LogP contribution in [0.15, 0.2) is 21.1 Å². The van der Waals surface area contributed by atoms with Crippen molar-refractivity contribution in [3.63, 3.8) is 0 Å². The van der Waals surface area contributed by atoms with Gasteiger partial charge in [-0.15, -0.1) is 0 Å². The Labute approximate surface area is 111 Å². The Morgan fingerprint density at radius 3 is 2.44 bits per heavy atom. The summed E-state index contributed by atoms with van der Waals surface area (Å²) in [4.78, 5) is 10.6. The van der Waals surface area contributed by atoms with E-state index in [-0.39, 0.29) is 12.5 Å². The van der Waals surface area contributed by atoms with E-state index in [9.17, 15) is 4.79 Å². The van der Waals surface area contributed by atoms with Crippen LogP contribution in [0.25, 0.3) is 0 Å². The van der Waals surface area contributed by atoms with Crippen LogP contribution in [0.2, 0.25) is 0 Å². The van der Waals surface area contributed by atoms with Crippen LogP contribution in [0.5, 0.6) is 5.75 Å². The van der Waals surface area contributed by atoms with Gasteiger partial charge in [-0.05, 0) is 44.0 Å². The largest absolute Gasteiger partial charge is 0.491 e. The molecule has 16 heavy (non-hydrogen) atoms. The number of aldehydes is 1. The van der Waals surface area contributed by atoms with Crippen LogP contribution in [0.3, 0.4) is 0 Å². The molecule has 0 saturated carbocycles. The van der Waals surface area contributed by atoms with Crippen molar-refractivity contribution in [2.24, 2.45) is 5.92 Å². The molecule has 0 fully saturated rings. The number of hydrogen-bond acceptors (Lipinski definition) is 3. The molecule has 0 amide bonds. The van der Waals surface area contributed by atoms with Crippen molar-refractivity contribution in [2.45, 2.75) is 6.92 Å². The van der Waals surface area contributed by atoms with Gasteiger partial charge in [-0.25, -0.2) is 0 Å². The zero-order valence-corrected chi connectivity index (χ0v) is 11.9. The van der Waals surface area contributed by atoms with E-state index in [4.69, 9.17) is 9.84 Å². The highest BCUT2D eigenvalue weighted by Gasteiger charge is 2.10. The molecular formula is C11H12Br2O3. The molecule has 1 N–H and O–H groups in total. The Morgan fingerprint density at radius 2 is 2.00 bits per heavy atom. The van der Waals surface area contributed by atoms with Crippen LogP contribution in [-0.4, -0.2) is 24.6 Å². The maximum Gasteiger partial charge on any atom is 0.150 e. The smallest absolute Gasteiger partial charge is 0.150 e. The van der Waals surface area contributed by atoms with E-state index in [2.05, 4.69) is 31.9 Å². The van der Waals surface area contributed by atoms with Gasteiger partial charge in [0.25, 0.3) is 0 Å². The van der Waals surface area contributed by atoms with Gasteiger partial charge >= 0.3 is 0 Å². The zero-order valence-electron chi connectivity index (χ0n) is 8.74. The topological polar surface area (TPSA) is 46.5 Å². The molecule has 5 heteroatoms. The number of aliphatic hydroxyl groups is 1. The fraction of sp³-hybridized carbons (Fsp3) is 0.364. The molecule has 0 aromatic heterocycles. The Kier molecular flexibility index (Phi) is 5.44. The number of ether oxygens (including phenoxy) is 1. The maximum absolute atomic E-state index is 10.6. The standard InChI is InChI=1S/C11H12Br2O3/c1-7(4-14)6-16-11-9(12)2-8(5-15)3-10(11)13/h2-3,5,7,14H,4,6H2,1H3. The third-order valence-electron chi connectivity index (χ3n) is 1.98. The van der Waals surface area contributed by atoms with Gasteiger partial charge in [-0.1, -0.05) is 6.92 Å². The lowest BCUT2D eigenvalue weighted by Gasteiger charge is -2.13. The Balaban J connectivity index is 2.84. The first-order valence-corrected chi connectivity index (χ1v) is 6.35. The minimum absolute atomic E-state index is 0.0737. The lowest BCUT2D eigenvalue weighted by Crippen LogP contribution is -2.12. The summed E-state index contributed by atoms with van der Waals surface area (Å²) in [5, 5.41) is 8.88. The second-order valence-electron chi connectivity index (χ2n) is 3.53. The minimum Gasteiger partial charge on any atom is -0.491 e. The normalized spacial score (nSPS) is 12.2. The van der Waals surface area contributed by atoms with E-state index < -0.39 is 0 Å². The predicted molar refractivity (Wildman–Crippen MR) is 69.0 cm³/mol. The van der Waals surface area contributed by atoms with Crippen LogP contribution in [0, 0.1) is 5.92 Å². The summed E-state index contributed by atoms with van der Waals surface area (Å²) in [6.07, 6.45) is 0.773. The fourth-order valence-corrected chi connectivity index (χ4v) is 2.51. The maximum atomic E-state index is 10.6. The Hall–Kier alpha value is -0.390. The van der Waals surface area contributed by atoms with Gasteiger partial charge in [-0.3, -0.25) is 4.79 Å². The third-order valence-corrected chi connectivity index (χ3v) is 3.16. The summed E-state index contributed by atoms with van der Waals surface area (Å²) in [5.41, 5.74) is 0.571. The first-order valence-electron chi connectivity index (χ1n) is 4.76. The summed E-state index contributed by atoms with van der Waals surface area (Å²) in [5.74, 6) is 0.718. The molecule has 0 bridgehead atoms. The predicted octanol–water partition coefficient (Wildman–Crippen LogP) is 3.03. The number of aliphatic hydroxyl groups excluding tert-OH is 1. The number of rotatable bonds is 5. The zero-order chi connectivity index (χ0) is 12.1. The quantitative estimate of drug-likeness (QED) is 0.829. The van der Waals surface area contributed by atoms with E-state index in [0.717, 1.165) is 6.29 Å². The van der Waals surface area contributed by atoms with Crippen molar-refractivity contribution in [3.8, 4) is 5.75 Å². The summed E-state index contributed by atoms with van der Waals surface area (Å²) in [7, 11) is 0. The van der Waals surface area contributed by atoms with Crippen LogP contribution < -0.4 is 4.74 Å². The number of carbonyl (C=O) groups excluding carboxylic acids is 1. The lowest BCUT2D eigenvalue weighted by atomic mass is 10.2. The van der Waals surface area contributed by atoms with E-state index in [1.165, 1.54) is 0 Å². The molecule has 1 unspecified atom stereocenters. The third kappa shape index (κ3) is 3.57. The highest BCUT2D eigenvalue weighted by molar-refractivity contribution is 9.11. The van der Waals surface area contributed by atoms with Gasteiger partial charge in [0, 0.05) is 18.1 Å². The van der Waals surface area contributed by atoms with Crippen LogP contribution in [-0.2, 0) is 0 Å². The molecule has 3 nitrogen and oxygen atoms in total. The SMILES string of the molecule is CC(CO)COc1c(Br)cc(C=O)cc1Br. The molecule has 1 aromatic rings. The van der Waals surface area contributed by atoms with Crippen molar-refractivity contribution in [1.29, 1.82) is 0 Å².